The second-order valence-electron chi connectivity index (χ2n) is 6.39. The number of carbonyl (C=O) groups excluding carboxylic acids is 1. The molecule has 0 unspecified atom stereocenters. The van der Waals surface area contributed by atoms with Crippen molar-refractivity contribution in [3.8, 4) is 0 Å². The van der Waals surface area contributed by atoms with Gasteiger partial charge in [-0.05, 0) is 43.4 Å². The summed E-state index contributed by atoms with van der Waals surface area (Å²) in [6.07, 6.45) is 2.02. The standard InChI is InChI=1S/C19H22N2O3/c1-13-7-10-16(18(23)20-13)19(24)21(17(12-22)15-8-9-15)11-14-5-3-2-4-6-14/h2-7,10,15,17,22H,8-9,11-12H2,1H3,(H,20,23)/t17-/m0/s1. The molecule has 24 heavy (non-hydrogen) atoms. The summed E-state index contributed by atoms with van der Waals surface area (Å²) in [5, 5.41) is 9.81. The molecule has 1 aliphatic carbocycles. The van der Waals surface area contributed by atoms with Crippen molar-refractivity contribution in [2.75, 3.05) is 6.61 Å². The summed E-state index contributed by atoms with van der Waals surface area (Å²) < 4.78 is 0. The summed E-state index contributed by atoms with van der Waals surface area (Å²) in [5.74, 6) is -0.0155. The molecule has 1 fully saturated rings. The van der Waals surface area contributed by atoms with Crippen molar-refractivity contribution in [2.24, 2.45) is 5.92 Å². The molecular weight excluding hydrogens is 304 g/mol. The number of benzene rings is 1. The molecule has 0 saturated heterocycles. The number of aliphatic hydroxyl groups excluding tert-OH is 1. The Labute approximate surface area is 140 Å². The summed E-state index contributed by atoms with van der Waals surface area (Å²) >= 11 is 0. The van der Waals surface area contributed by atoms with Gasteiger partial charge in [0.05, 0.1) is 12.6 Å². The molecule has 1 heterocycles. The number of aryl methyl sites for hydroxylation is 1. The molecular formula is C19H22N2O3. The van der Waals surface area contributed by atoms with E-state index in [1.807, 2.05) is 30.3 Å². The summed E-state index contributed by atoms with van der Waals surface area (Å²) in [4.78, 5) is 29.5. The third-order valence-electron chi connectivity index (χ3n) is 4.50. The molecule has 1 aromatic heterocycles. The Morgan fingerprint density at radius 2 is 1.96 bits per heavy atom. The Morgan fingerprint density at radius 1 is 1.25 bits per heavy atom. The van der Waals surface area contributed by atoms with Crippen molar-refractivity contribution in [1.82, 2.24) is 9.88 Å². The van der Waals surface area contributed by atoms with Crippen LogP contribution in [0.15, 0.2) is 47.3 Å². The summed E-state index contributed by atoms with van der Waals surface area (Å²) in [6.45, 7) is 2.07. The number of amides is 1. The fourth-order valence-corrected chi connectivity index (χ4v) is 3.00. The minimum absolute atomic E-state index is 0.0903. The van der Waals surface area contributed by atoms with Crippen LogP contribution in [0.1, 0.15) is 34.5 Å². The van der Waals surface area contributed by atoms with Gasteiger partial charge in [0.25, 0.3) is 11.5 Å². The van der Waals surface area contributed by atoms with Crippen molar-refractivity contribution < 1.29 is 9.90 Å². The topological polar surface area (TPSA) is 73.4 Å². The molecule has 0 radical (unpaired) electrons. The Balaban J connectivity index is 1.93. The first-order valence-electron chi connectivity index (χ1n) is 8.26. The van der Waals surface area contributed by atoms with Gasteiger partial charge in [0.15, 0.2) is 0 Å². The van der Waals surface area contributed by atoms with E-state index in [9.17, 15) is 14.7 Å². The molecule has 1 amide bonds. The van der Waals surface area contributed by atoms with Crippen molar-refractivity contribution in [3.63, 3.8) is 0 Å². The normalized spacial score (nSPS) is 15.1. The van der Waals surface area contributed by atoms with Gasteiger partial charge in [0.2, 0.25) is 0 Å². The zero-order chi connectivity index (χ0) is 17.1. The van der Waals surface area contributed by atoms with Gasteiger partial charge in [-0.15, -0.1) is 0 Å². The number of carbonyl (C=O) groups is 1. The molecule has 0 aliphatic heterocycles. The molecule has 5 heteroatoms. The molecule has 0 spiro atoms. The number of hydrogen-bond acceptors (Lipinski definition) is 3. The first kappa shape index (κ1) is 16.5. The minimum Gasteiger partial charge on any atom is -0.394 e. The van der Waals surface area contributed by atoms with E-state index in [4.69, 9.17) is 0 Å². The largest absolute Gasteiger partial charge is 0.394 e. The molecule has 2 N–H and O–H groups in total. The van der Waals surface area contributed by atoms with Crippen LogP contribution in [-0.4, -0.2) is 33.5 Å². The molecule has 126 valence electrons. The van der Waals surface area contributed by atoms with Crippen LogP contribution in [0.3, 0.4) is 0 Å². The van der Waals surface area contributed by atoms with Crippen molar-refractivity contribution in [1.29, 1.82) is 0 Å². The van der Waals surface area contributed by atoms with E-state index in [1.165, 1.54) is 0 Å². The Hall–Kier alpha value is -2.40. The van der Waals surface area contributed by atoms with Gasteiger partial charge in [-0.1, -0.05) is 30.3 Å². The molecule has 0 bridgehead atoms. The van der Waals surface area contributed by atoms with Gasteiger partial charge in [-0.25, -0.2) is 0 Å². The molecule has 5 nitrogen and oxygen atoms in total. The lowest BCUT2D eigenvalue weighted by Gasteiger charge is -2.31. The average Bonchev–Trinajstić information content (AvgIpc) is 3.40. The summed E-state index contributed by atoms with van der Waals surface area (Å²) in [7, 11) is 0. The van der Waals surface area contributed by atoms with E-state index in [2.05, 4.69) is 4.98 Å². The average molecular weight is 326 g/mol. The number of aromatic nitrogens is 1. The minimum atomic E-state index is -0.384. The van der Waals surface area contributed by atoms with Gasteiger partial charge in [0.1, 0.15) is 5.56 Å². The first-order chi connectivity index (χ1) is 11.6. The number of aromatic amines is 1. The molecule has 2 aromatic rings. The van der Waals surface area contributed by atoms with E-state index in [-0.39, 0.29) is 29.7 Å². The van der Waals surface area contributed by atoms with Gasteiger partial charge in [-0.3, -0.25) is 9.59 Å². The molecule has 1 saturated carbocycles. The van der Waals surface area contributed by atoms with Gasteiger partial charge in [0, 0.05) is 12.2 Å². The number of H-pyrrole nitrogens is 1. The zero-order valence-corrected chi connectivity index (χ0v) is 13.7. The van der Waals surface area contributed by atoms with Crippen LogP contribution in [0.4, 0.5) is 0 Å². The Bertz CT molecular complexity index is 766. The van der Waals surface area contributed by atoms with Gasteiger partial charge >= 0.3 is 0 Å². The Morgan fingerprint density at radius 3 is 2.54 bits per heavy atom. The predicted molar refractivity (Wildman–Crippen MR) is 91.7 cm³/mol. The third-order valence-corrected chi connectivity index (χ3v) is 4.50. The number of nitrogens with one attached hydrogen (secondary N) is 1. The van der Waals surface area contributed by atoms with E-state index >= 15 is 0 Å². The Kier molecular flexibility index (Phi) is 4.81. The van der Waals surface area contributed by atoms with Crippen LogP contribution in [-0.2, 0) is 6.54 Å². The monoisotopic (exact) mass is 326 g/mol. The highest BCUT2D eigenvalue weighted by atomic mass is 16.3. The van der Waals surface area contributed by atoms with Crippen LogP contribution in [0.2, 0.25) is 0 Å². The van der Waals surface area contributed by atoms with Crippen LogP contribution >= 0.6 is 0 Å². The van der Waals surface area contributed by atoms with Crippen LogP contribution < -0.4 is 5.56 Å². The van der Waals surface area contributed by atoms with E-state index in [0.717, 1.165) is 18.4 Å². The molecule has 3 rings (SSSR count). The zero-order valence-electron chi connectivity index (χ0n) is 13.7. The number of nitrogens with zero attached hydrogens (tertiary/aromatic N) is 1. The maximum Gasteiger partial charge on any atom is 0.260 e. The molecule has 1 aromatic carbocycles. The lowest BCUT2D eigenvalue weighted by molar-refractivity contribution is 0.0529. The number of aliphatic hydroxyl groups is 1. The lowest BCUT2D eigenvalue weighted by Crippen LogP contribution is -2.45. The first-order valence-corrected chi connectivity index (χ1v) is 8.26. The van der Waals surface area contributed by atoms with E-state index < -0.39 is 0 Å². The van der Waals surface area contributed by atoms with Crippen LogP contribution in [0, 0.1) is 12.8 Å². The smallest absolute Gasteiger partial charge is 0.260 e. The van der Waals surface area contributed by atoms with E-state index in [1.54, 1.807) is 24.0 Å². The molecule has 1 aliphatic rings. The number of pyridine rings is 1. The number of rotatable bonds is 6. The maximum absolute atomic E-state index is 13.0. The van der Waals surface area contributed by atoms with Crippen LogP contribution in [0.25, 0.3) is 0 Å². The van der Waals surface area contributed by atoms with E-state index in [0.29, 0.717) is 18.2 Å². The fraction of sp³-hybridized carbons (Fsp3) is 0.368. The maximum atomic E-state index is 13.0. The lowest BCUT2D eigenvalue weighted by atomic mass is 10.1. The highest BCUT2D eigenvalue weighted by Crippen LogP contribution is 2.36. The summed E-state index contributed by atoms with van der Waals surface area (Å²) in [5.41, 5.74) is 1.43. The highest BCUT2D eigenvalue weighted by Gasteiger charge is 2.37. The summed E-state index contributed by atoms with van der Waals surface area (Å²) in [6, 6.07) is 12.7. The van der Waals surface area contributed by atoms with Crippen molar-refractivity contribution in [2.45, 2.75) is 32.4 Å². The predicted octanol–water partition coefficient (Wildman–Crippen LogP) is 2.10. The number of hydrogen-bond donors (Lipinski definition) is 2. The second kappa shape index (κ2) is 7.01. The highest BCUT2D eigenvalue weighted by molar-refractivity contribution is 5.94. The third kappa shape index (κ3) is 3.57. The SMILES string of the molecule is Cc1ccc(C(=O)N(Cc2ccccc2)[C@@H](CO)C2CC2)c(=O)[nH]1. The van der Waals surface area contributed by atoms with Gasteiger partial charge in [-0.2, -0.15) is 0 Å². The second-order valence-corrected chi connectivity index (χ2v) is 6.39. The molecule has 1 atom stereocenters. The fourth-order valence-electron chi connectivity index (χ4n) is 3.00. The quantitative estimate of drug-likeness (QED) is 0.854. The van der Waals surface area contributed by atoms with Crippen LogP contribution in [0.5, 0.6) is 0 Å². The van der Waals surface area contributed by atoms with Crippen molar-refractivity contribution in [3.05, 3.63) is 69.6 Å². The van der Waals surface area contributed by atoms with Gasteiger partial charge < -0.3 is 15.0 Å². The van der Waals surface area contributed by atoms with Crippen molar-refractivity contribution >= 4 is 5.91 Å².